The molecule has 3 heteroatoms. The van der Waals surface area contributed by atoms with E-state index in [1.165, 1.54) is 6.42 Å². The van der Waals surface area contributed by atoms with E-state index in [0.717, 1.165) is 32.7 Å². The molecule has 0 aromatic rings. The molecule has 1 fully saturated rings. The standard InChI is InChI=1S/C10H22N2O/c1-3-10-8-13-7-6-12(10)9(2)4-5-11/h9-10H,3-8,11H2,1-2H3. The van der Waals surface area contributed by atoms with Crippen LogP contribution in [0.15, 0.2) is 0 Å². The smallest absolute Gasteiger partial charge is 0.0622 e. The molecule has 2 N–H and O–H groups in total. The van der Waals surface area contributed by atoms with Crippen molar-refractivity contribution >= 4 is 0 Å². The molecule has 0 radical (unpaired) electrons. The van der Waals surface area contributed by atoms with Crippen LogP contribution in [0.3, 0.4) is 0 Å². The second-order valence-corrected chi connectivity index (χ2v) is 3.80. The summed E-state index contributed by atoms with van der Waals surface area (Å²) in [6, 6.07) is 1.22. The summed E-state index contributed by atoms with van der Waals surface area (Å²) < 4.78 is 5.46. The van der Waals surface area contributed by atoms with Crippen LogP contribution in [0, 0.1) is 0 Å². The van der Waals surface area contributed by atoms with Gasteiger partial charge in [-0.3, -0.25) is 4.90 Å². The maximum absolute atomic E-state index is 5.57. The Morgan fingerprint density at radius 3 is 3.00 bits per heavy atom. The lowest BCUT2D eigenvalue weighted by Crippen LogP contribution is -2.49. The SMILES string of the molecule is CCC1COCCN1C(C)CCN. The Hall–Kier alpha value is -0.120. The number of morpholine rings is 1. The molecule has 0 aromatic carbocycles. The van der Waals surface area contributed by atoms with Gasteiger partial charge in [0.05, 0.1) is 13.2 Å². The van der Waals surface area contributed by atoms with Crippen molar-refractivity contribution in [1.29, 1.82) is 0 Å². The highest BCUT2D eigenvalue weighted by atomic mass is 16.5. The van der Waals surface area contributed by atoms with Gasteiger partial charge in [-0.1, -0.05) is 6.92 Å². The lowest BCUT2D eigenvalue weighted by molar-refractivity contribution is -0.0275. The molecule has 1 rings (SSSR count). The highest BCUT2D eigenvalue weighted by Gasteiger charge is 2.24. The van der Waals surface area contributed by atoms with Gasteiger partial charge in [0, 0.05) is 18.6 Å². The molecule has 78 valence electrons. The summed E-state index contributed by atoms with van der Waals surface area (Å²) in [5.74, 6) is 0. The minimum absolute atomic E-state index is 0.607. The number of nitrogens with zero attached hydrogens (tertiary/aromatic N) is 1. The molecule has 0 saturated carbocycles. The van der Waals surface area contributed by atoms with Crippen LogP contribution in [0.4, 0.5) is 0 Å². The maximum Gasteiger partial charge on any atom is 0.0622 e. The van der Waals surface area contributed by atoms with Crippen LogP contribution in [0.5, 0.6) is 0 Å². The quantitative estimate of drug-likeness (QED) is 0.707. The normalized spacial score (nSPS) is 27.5. The topological polar surface area (TPSA) is 38.5 Å². The maximum atomic E-state index is 5.57. The summed E-state index contributed by atoms with van der Waals surface area (Å²) in [6.45, 7) is 8.12. The number of hydrogen-bond donors (Lipinski definition) is 1. The molecule has 1 saturated heterocycles. The van der Waals surface area contributed by atoms with E-state index >= 15 is 0 Å². The van der Waals surface area contributed by atoms with Crippen molar-refractivity contribution in [3.8, 4) is 0 Å². The zero-order chi connectivity index (χ0) is 9.68. The third-order valence-electron chi connectivity index (χ3n) is 2.89. The Bertz CT molecular complexity index is 141. The first-order valence-electron chi connectivity index (χ1n) is 5.33. The molecule has 2 atom stereocenters. The lowest BCUT2D eigenvalue weighted by atomic mass is 10.1. The number of ether oxygens (including phenoxy) is 1. The number of nitrogens with two attached hydrogens (primary N) is 1. The van der Waals surface area contributed by atoms with Gasteiger partial charge < -0.3 is 10.5 Å². The zero-order valence-corrected chi connectivity index (χ0v) is 8.83. The summed E-state index contributed by atoms with van der Waals surface area (Å²) in [5.41, 5.74) is 5.57. The van der Waals surface area contributed by atoms with Crippen LogP contribution in [0.1, 0.15) is 26.7 Å². The molecule has 0 amide bonds. The Morgan fingerprint density at radius 2 is 2.38 bits per heavy atom. The fourth-order valence-electron chi connectivity index (χ4n) is 2.01. The van der Waals surface area contributed by atoms with Crippen molar-refractivity contribution in [2.24, 2.45) is 5.73 Å². The van der Waals surface area contributed by atoms with Crippen LogP contribution in [-0.4, -0.2) is 43.3 Å². The van der Waals surface area contributed by atoms with E-state index in [4.69, 9.17) is 10.5 Å². The summed E-state index contributed by atoms with van der Waals surface area (Å²) in [6.07, 6.45) is 2.27. The molecule has 1 heterocycles. The average Bonchev–Trinajstić information content (AvgIpc) is 2.18. The Kier molecular flexibility index (Phi) is 4.70. The van der Waals surface area contributed by atoms with Crippen molar-refractivity contribution in [2.45, 2.75) is 38.8 Å². The predicted octanol–water partition coefficient (Wildman–Crippen LogP) is 0.835. The van der Waals surface area contributed by atoms with Crippen molar-refractivity contribution in [3.05, 3.63) is 0 Å². The average molecular weight is 186 g/mol. The molecule has 2 unspecified atom stereocenters. The minimum Gasteiger partial charge on any atom is -0.378 e. The lowest BCUT2D eigenvalue weighted by Gasteiger charge is -2.39. The van der Waals surface area contributed by atoms with E-state index in [2.05, 4.69) is 18.7 Å². The monoisotopic (exact) mass is 186 g/mol. The van der Waals surface area contributed by atoms with Crippen LogP contribution < -0.4 is 5.73 Å². The highest BCUT2D eigenvalue weighted by Crippen LogP contribution is 2.15. The molecule has 0 bridgehead atoms. The first-order chi connectivity index (χ1) is 6.29. The number of hydrogen-bond acceptors (Lipinski definition) is 3. The van der Waals surface area contributed by atoms with Gasteiger partial charge in [-0.2, -0.15) is 0 Å². The zero-order valence-electron chi connectivity index (χ0n) is 8.83. The van der Waals surface area contributed by atoms with Crippen molar-refractivity contribution < 1.29 is 4.74 Å². The molecule has 0 aromatic heterocycles. The van der Waals surface area contributed by atoms with Crippen molar-refractivity contribution in [2.75, 3.05) is 26.3 Å². The van der Waals surface area contributed by atoms with E-state index in [1.54, 1.807) is 0 Å². The molecule has 0 aliphatic carbocycles. The predicted molar refractivity (Wildman–Crippen MR) is 54.7 cm³/mol. The van der Waals surface area contributed by atoms with Crippen LogP contribution in [0.2, 0.25) is 0 Å². The van der Waals surface area contributed by atoms with Gasteiger partial charge in [0.25, 0.3) is 0 Å². The van der Waals surface area contributed by atoms with Crippen LogP contribution >= 0.6 is 0 Å². The van der Waals surface area contributed by atoms with Gasteiger partial charge >= 0.3 is 0 Å². The molecule has 1 aliphatic rings. The summed E-state index contributed by atoms with van der Waals surface area (Å²) >= 11 is 0. The van der Waals surface area contributed by atoms with Gasteiger partial charge in [0.1, 0.15) is 0 Å². The van der Waals surface area contributed by atoms with E-state index in [9.17, 15) is 0 Å². The second-order valence-electron chi connectivity index (χ2n) is 3.80. The third kappa shape index (κ3) is 2.93. The van der Waals surface area contributed by atoms with Gasteiger partial charge in [-0.25, -0.2) is 0 Å². The second kappa shape index (κ2) is 5.58. The molecule has 0 spiro atoms. The largest absolute Gasteiger partial charge is 0.378 e. The number of rotatable bonds is 4. The van der Waals surface area contributed by atoms with E-state index < -0.39 is 0 Å². The van der Waals surface area contributed by atoms with Crippen molar-refractivity contribution in [1.82, 2.24) is 4.90 Å². The summed E-state index contributed by atoms with van der Waals surface area (Å²) in [5, 5.41) is 0. The Labute approximate surface area is 81.2 Å². The molecule has 3 nitrogen and oxygen atoms in total. The van der Waals surface area contributed by atoms with E-state index in [1.807, 2.05) is 0 Å². The van der Waals surface area contributed by atoms with E-state index in [0.29, 0.717) is 12.1 Å². The first kappa shape index (κ1) is 11.0. The van der Waals surface area contributed by atoms with Crippen LogP contribution in [-0.2, 0) is 4.74 Å². The van der Waals surface area contributed by atoms with Gasteiger partial charge in [0.15, 0.2) is 0 Å². The van der Waals surface area contributed by atoms with Gasteiger partial charge in [-0.05, 0) is 26.3 Å². The molecule has 13 heavy (non-hydrogen) atoms. The summed E-state index contributed by atoms with van der Waals surface area (Å²) in [4.78, 5) is 2.54. The molecule has 1 aliphatic heterocycles. The van der Waals surface area contributed by atoms with Gasteiger partial charge in [0.2, 0.25) is 0 Å². The highest BCUT2D eigenvalue weighted by molar-refractivity contribution is 4.78. The Morgan fingerprint density at radius 1 is 1.62 bits per heavy atom. The fraction of sp³-hybridized carbons (Fsp3) is 1.00. The minimum atomic E-state index is 0.607. The molecular formula is C10H22N2O. The first-order valence-corrected chi connectivity index (χ1v) is 5.33. The van der Waals surface area contributed by atoms with Crippen molar-refractivity contribution in [3.63, 3.8) is 0 Å². The molecular weight excluding hydrogens is 164 g/mol. The third-order valence-corrected chi connectivity index (χ3v) is 2.89. The Balaban J connectivity index is 2.43. The van der Waals surface area contributed by atoms with Gasteiger partial charge in [-0.15, -0.1) is 0 Å². The van der Waals surface area contributed by atoms with E-state index in [-0.39, 0.29) is 0 Å². The summed E-state index contributed by atoms with van der Waals surface area (Å²) in [7, 11) is 0. The van der Waals surface area contributed by atoms with Crippen LogP contribution in [0.25, 0.3) is 0 Å². The fourth-order valence-corrected chi connectivity index (χ4v) is 2.01.